The number of aryl methyl sites for hydroxylation is 1. The summed E-state index contributed by atoms with van der Waals surface area (Å²) in [6.45, 7) is 2.07. The highest BCUT2D eigenvalue weighted by Gasteiger charge is 2.14. The molecule has 4 nitrogen and oxygen atoms in total. The molecule has 0 bridgehead atoms. The Labute approximate surface area is 149 Å². The number of rotatable bonds is 3. The minimum atomic E-state index is 0.520. The molecule has 0 spiro atoms. The number of nitrogens with zero attached hydrogens (tertiary/aromatic N) is 3. The number of benzene rings is 2. The number of hydrogen-bond acceptors (Lipinski definition) is 5. The number of hydrogen-bond donors (Lipinski definition) is 0. The number of fused-ring (bicyclic) bond motifs is 1. The van der Waals surface area contributed by atoms with Crippen LogP contribution in [0.15, 0.2) is 60.2 Å². The maximum atomic E-state index is 8.90. The van der Waals surface area contributed by atoms with E-state index in [4.69, 9.17) is 10.00 Å². The van der Waals surface area contributed by atoms with Crippen molar-refractivity contribution >= 4 is 21.6 Å². The second-order valence-electron chi connectivity index (χ2n) is 5.61. The first-order valence-corrected chi connectivity index (χ1v) is 8.60. The number of aromatic nitrogens is 2. The van der Waals surface area contributed by atoms with Gasteiger partial charge in [-0.15, -0.1) is 11.3 Å². The Morgan fingerprint density at radius 3 is 2.48 bits per heavy atom. The smallest absolute Gasteiger partial charge is 0.231 e. The zero-order valence-corrected chi connectivity index (χ0v) is 14.2. The average molecular weight is 343 g/mol. The van der Waals surface area contributed by atoms with E-state index in [0.29, 0.717) is 17.2 Å². The van der Waals surface area contributed by atoms with Crippen molar-refractivity contribution in [3.05, 3.63) is 71.4 Å². The van der Waals surface area contributed by atoms with E-state index in [1.807, 2.05) is 0 Å². The van der Waals surface area contributed by atoms with Crippen LogP contribution in [-0.4, -0.2) is 9.97 Å². The lowest BCUT2D eigenvalue weighted by molar-refractivity contribution is 0.468. The molecule has 120 valence electrons. The van der Waals surface area contributed by atoms with E-state index in [1.54, 1.807) is 35.6 Å². The van der Waals surface area contributed by atoms with Crippen LogP contribution >= 0.6 is 11.3 Å². The fourth-order valence-electron chi connectivity index (χ4n) is 2.58. The van der Waals surface area contributed by atoms with E-state index in [2.05, 4.69) is 52.6 Å². The molecule has 0 aliphatic heterocycles. The first kappa shape index (κ1) is 15.3. The van der Waals surface area contributed by atoms with Crippen molar-refractivity contribution in [3.8, 4) is 28.8 Å². The van der Waals surface area contributed by atoms with Gasteiger partial charge in [-0.2, -0.15) is 5.26 Å². The Bertz CT molecular complexity index is 1080. The summed E-state index contributed by atoms with van der Waals surface area (Å²) in [7, 11) is 0. The lowest BCUT2D eigenvalue weighted by atomic mass is 10.0. The van der Waals surface area contributed by atoms with Gasteiger partial charge < -0.3 is 4.74 Å². The van der Waals surface area contributed by atoms with Gasteiger partial charge in [-0.05, 0) is 36.8 Å². The summed E-state index contributed by atoms with van der Waals surface area (Å²) in [4.78, 5) is 9.57. The van der Waals surface area contributed by atoms with Gasteiger partial charge in [0.25, 0.3) is 0 Å². The van der Waals surface area contributed by atoms with Crippen molar-refractivity contribution in [1.29, 1.82) is 5.26 Å². The predicted molar refractivity (Wildman–Crippen MR) is 98.8 cm³/mol. The minimum Gasteiger partial charge on any atom is -0.438 e. The monoisotopic (exact) mass is 343 g/mol. The van der Waals surface area contributed by atoms with Gasteiger partial charge in [0.15, 0.2) is 0 Å². The van der Waals surface area contributed by atoms with E-state index < -0.39 is 0 Å². The van der Waals surface area contributed by atoms with Crippen LogP contribution in [0.5, 0.6) is 11.6 Å². The van der Waals surface area contributed by atoms with Crippen molar-refractivity contribution < 1.29 is 4.74 Å². The van der Waals surface area contributed by atoms with Crippen LogP contribution in [0.1, 0.15) is 11.1 Å². The summed E-state index contributed by atoms with van der Waals surface area (Å²) in [6.07, 6.45) is 1.51. The largest absolute Gasteiger partial charge is 0.438 e. The summed E-state index contributed by atoms with van der Waals surface area (Å²) >= 11 is 1.57. The van der Waals surface area contributed by atoms with Crippen LogP contribution in [0.25, 0.3) is 21.3 Å². The minimum absolute atomic E-state index is 0.520. The molecule has 0 radical (unpaired) electrons. The molecule has 0 aliphatic rings. The Hall–Kier alpha value is -3.23. The normalized spacial score (nSPS) is 10.6. The Morgan fingerprint density at radius 1 is 1.00 bits per heavy atom. The Kier molecular flexibility index (Phi) is 3.88. The van der Waals surface area contributed by atoms with Crippen LogP contribution in [0.4, 0.5) is 0 Å². The van der Waals surface area contributed by atoms with Crippen LogP contribution < -0.4 is 4.74 Å². The Balaban J connectivity index is 1.79. The zero-order valence-electron chi connectivity index (χ0n) is 13.4. The molecular weight excluding hydrogens is 330 g/mol. The molecule has 0 aliphatic carbocycles. The number of ether oxygens (including phenoxy) is 1. The summed E-state index contributed by atoms with van der Waals surface area (Å²) in [5.41, 5.74) is 3.98. The molecule has 2 aromatic carbocycles. The fourth-order valence-corrected chi connectivity index (χ4v) is 3.49. The lowest BCUT2D eigenvalue weighted by Gasteiger charge is -2.07. The van der Waals surface area contributed by atoms with Gasteiger partial charge in [-0.1, -0.05) is 29.8 Å². The van der Waals surface area contributed by atoms with E-state index >= 15 is 0 Å². The van der Waals surface area contributed by atoms with Gasteiger partial charge in [0.1, 0.15) is 16.9 Å². The summed E-state index contributed by atoms with van der Waals surface area (Å²) < 4.78 is 5.98. The third-order valence-electron chi connectivity index (χ3n) is 3.90. The van der Waals surface area contributed by atoms with Gasteiger partial charge in [0, 0.05) is 10.9 Å². The highest BCUT2D eigenvalue weighted by atomic mass is 32.1. The van der Waals surface area contributed by atoms with E-state index in [9.17, 15) is 0 Å². The zero-order chi connectivity index (χ0) is 17.2. The van der Waals surface area contributed by atoms with Crippen LogP contribution in [-0.2, 0) is 0 Å². The molecular formula is C20H13N3OS. The molecule has 0 atom stereocenters. The quantitative estimate of drug-likeness (QED) is 0.504. The second kappa shape index (κ2) is 6.34. The summed E-state index contributed by atoms with van der Waals surface area (Å²) in [5, 5.41) is 11.9. The van der Waals surface area contributed by atoms with Crippen LogP contribution in [0, 0.1) is 18.3 Å². The molecule has 2 heterocycles. The molecule has 2 aromatic heterocycles. The van der Waals surface area contributed by atoms with Crippen molar-refractivity contribution in [2.24, 2.45) is 0 Å². The van der Waals surface area contributed by atoms with Crippen LogP contribution in [0.2, 0.25) is 0 Å². The van der Waals surface area contributed by atoms with E-state index in [0.717, 1.165) is 21.3 Å². The predicted octanol–water partition coefficient (Wildman–Crippen LogP) is 5.33. The molecule has 0 unspecified atom stereocenters. The average Bonchev–Trinajstić information content (AvgIpc) is 3.08. The van der Waals surface area contributed by atoms with Gasteiger partial charge in [-0.3, -0.25) is 0 Å². The number of nitriles is 1. The molecule has 0 saturated carbocycles. The van der Waals surface area contributed by atoms with Crippen molar-refractivity contribution in [2.75, 3.05) is 0 Å². The third-order valence-corrected chi connectivity index (χ3v) is 4.78. The Morgan fingerprint density at radius 2 is 1.76 bits per heavy atom. The highest BCUT2D eigenvalue weighted by Crippen LogP contribution is 2.38. The van der Waals surface area contributed by atoms with Crippen molar-refractivity contribution in [1.82, 2.24) is 9.97 Å². The standard InChI is InChI=1S/C20H13N3OS/c1-13-2-6-15(7-3-13)17-11-25-20-18(17)19(22-12-23-20)24-16-8-4-14(10-21)5-9-16/h2-9,11-12H,1H3. The number of thiophene rings is 1. The highest BCUT2D eigenvalue weighted by molar-refractivity contribution is 7.17. The molecule has 25 heavy (non-hydrogen) atoms. The van der Waals surface area contributed by atoms with Gasteiger partial charge in [0.05, 0.1) is 17.0 Å². The molecule has 0 N–H and O–H groups in total. The first-order valence-electron chi connectivity index (χ1n) is 7.72. The molecule has 4 rings (SSSR count). The summed E-state index contributed by atoms with van der Waals surface area (Å²) in [6, 6.07) is 17.4. The van der Waals surface area contributed by atoms with Crippen molar-refractivity contribution in [3.63, 3.8) is 0 Å². The third kappa shape index (κ3) is 2.95. The van der Waals surface area contributed by atoms with E-state index in [1.165, 1.54) is 11.9 Å². The molecule has 4 aromatic rings. The maximum Gasteiger partial charge on any atom is 0.231 e. The van der Waals surface area contributed by atoms with Gasteiger partial charge in [0.2, 0.25) is 5.88 Å². The molecule has 5 heteroatoms. The van der Waals surface area contributed by atoms with Gasteiger partial charge >= 0.3 is 0 Å². The van der Waals surface area contributed by atoms with E-state index in [-0.39, 0.29) is 0 Å². The first-order chi connectivity index (χ1) is 12.2. The maximum absolute atomic E-state index is 8.90. The van der Waals surface area contributed by atoms with Crippen LogP contribution in [0.3, 0.4) is 0 Å². The summed E-state index contributed by atoms with van der Waals surface area (Å²) in [5.74, 6) is 1.16. The molecule has 0 saturated heterocycles. The lowest BCUT2D eigenvalue weighted by Crippen LogP contribution is -1.91. The molecule has 0 amide bonds. The second-order valence-corrected chi connectivity index (χ2v) is 6.47. The van der Waals surface area contributed by atoms with Gasteiger partial charge in [-0.25, -0.2) is 9.97 Å². The molecule has 0 fully saturated rings. The topological polar surface area (TPSA) is 58.8 Å². The fraction of sp³-hybridized carbons (Fsp3) is 0.0500. The SMILES string of the molecule is Cc1ccc(-c2csc3ncnc(Oc4ccc(C#N)cc4)c23)cc1. The van der Waals surface area contributed by atoms with Crippen molar-refractivity contribution in [2.45, 2.75) is 6.92 Å².